The van der Waals surface area contributed by atoms with Gasteiger partial charge in [0.2, 0.25) is 0 Å². The van der Waals surface area contributed by atoms with Crippen LogP contribution in [0.15, 0.2) is 17.1 Å². The molecule has 1 saturated heterocycles. The predicted molar refractivity (Wildman–Crippen MR) is 62.4 cm³/mol. The van der Waals surface area contributed by atoms with Crippen LogP contribution in [0, 0.1) is 0 Å². The molecule has 21 heavy (non-hydrogen) atoms. The number of ether oxygens (including phenoxy) is 1. The minimum absolute atomic E-state index is 0.0566. The molecule has 1 fully saturated rings. The second kappa shape index (κ2) is 5.81. The van der Waals surface area contributed by atoms with Crippen LogP contribution in [0.4, 0.5) is 5.82 Å². The van der Waals surface area contributed by atoms with Gasteiger partial charge in [-0.1, -0.05) is 0 Å². The maximum Gasteiger partial charge on any atom is 0.351 e. The van der Waals surface area contributed by atoms with E-state index in [-0.39, 0.29) is 5.82 Å². The van der Waals surface area contributed by atoms with E-state index >= 15 is 0 Å². The summed E-state index contributed by atoms with van der Waals surface area (Å²) in [5, 5.41) is 19.1. The number of aliphatic hydroxyl groups excluding tert-OH is 2. The van der Waals surface area contributed by atoms with Crippen molar-refractivity contribution in [1.29, 1.82) is 0 Å². The Balaban J connectivity index is 2.31. The molecule has 4 N–H and O–H groups in total. The third-order valence-electron chi connectivity index (χ3n) is 2.87. The summed E-state index contributed by atoms with van der Waals surface area (Å²) in [6.07, 6.45) is -4.82. The largest absolute Gasteiger partial charge is 0.790 e. The molecule has 2 heterocycles. The molecular formula is C9H12N3O8P-2. The zero-order valence-electron chi connectivity index (χ0n) is 10.4. The Bertz CT molecular complexity index is 615. The Morgan fingerprint density at radius 3 is 2.76 bits per heavy atom. The van der Waals surface area contributed by atoms with Gasteiger partial charge in [0.25, 0.3) is 0 Å². The first-order valence-electron chi connectivity index (χ1n) is 5.72. The first-order chi connectivity index (χ1) is 9.73. The lowest BCUT2D eigenvalue weighted by Crippen LogP contribution is -2.39. The maximum absolute atomic E-state index is 11.7. The van der Waals surface area contributed by atoms with Crippen LogP contribution in [-0.4, -0.2) is 44.7 Å². The van der Waals surface area contributed by atoms with Crippen molar-refractivity contribution in [2.24, 2.45) is 0 Å². The van der Waals surface area contributed by atoms with Crippen LogP contribution in [0.25, 0.3) is 0 Å². The van der Waals surface area contributed by atoms with Gasteiger partial charge < -0.3 is 39.6 Å². The fourth-order valence-corrected chi connectivity index (χ4v) is 2.55. The lowest BCUT2D eigenvalue weighted by atomic mass is 10.1. The minimum Gasteiger partial charge on any atom is -0.790 e. The highest BCUT2D eigenvalue weighted by atomic mass is 31.2. The normalized spacial score (nSPS) is 29.7. The predicted octanol–water partition coefficient (Wildman–Crippen LogP) is -3.71. The van der Waals surface area contributed by atoms with Crippen molar-refractivity contribution in [2.45, 2.75) is 24.5 Å². The van der Waals surface area contributed by atoms with Gasteiger partial charge in [0.15, 0.2) is 6.23 Å². The summed E-state index contributed by atoms with van der Waals surface area (Å²) in [5.41, 5.74) is 4.46. The van der Waals surface area contributed by atoms with E-state index in [1.807, 2.05) is 0 Å². The van der Waals surface area contributed by atoms with Crippen molar-refractivity contribution in [3.05, 3.63) is 22.7 Å². The number of nitrogens with zero attached hydrogens (tertiary/aromatic N) is 2. The van der Waals surface area contributed by atoms with Gasteiger partial charge in [-0.25, -0.2) is 4.79 Å². The quantitative estimate of drug-likeness (QED) is 0.466. The summed E-state index contributed by atoms with van der Waals surface area (Å²) < 4.78 is 20.8. The molecule has 0 amide bonds. The van der Waals surface area contributed by atoms with Crippen LogP contribution in [0.2, 0.25) is 0 Å². The van der Waals surface area contributed by atoms with Crippen molar-refractivity contribution in [1.82, 2.24) is 9.55 Å². The number of anilines is 1. The van der Waals surface area contributed by atoms with E-state index < -0.39 is 44.7 Å². The van der Waals surface area contributed by atoms with Gasteiger partial charge >= 0.3 is 5.69 Å². The molecule has 0 bridgehead atoms. The van der Waals surface area contributed by atoms with E-state index in [4.69, 9.17) is 15.6 Å². The number of hydrogen-bond acceptors (Lipinski definition) is 10. The van der Waals surface area contributed by atoms with Crippen molar-refractivity contribution in [3.8, 4) is 0 Å². The second-order valence-corrected chi connectivity index (χ2v) is 5.40. The van der Waals surface area contributed by atoms with E-state index in [9.17, 15) is 24.3 Å². The molecule has 1 aliphatic heterocycles. The maximum atomic E-state index is 11.7. The lowest BCUT2D eigenvalue weighted by molar-refractivity contribution is -0.347. The monoisotopic (exact) mass is 321 g/mol. The minimum atomic E-state index is -5.41. The number of phosphoric ester groups is 1. The molecule has 0 aromatic carbocycles. The summed E-state index contributed by atoms with van der Waals surface area (Å²) >= 11 is 0. The second-order valence-electron chi connectivity index (χ2n) is 4.30. The van der Waals surface area contributed by atoms with Crippen LogP contribution in [-0.2, 0) is 13.8 Å². The third kappa shape index (κ3) is 3.47. The van der Waals surface area contributed by atoms with Gasteiger partial charge in [-0.2, -0.15) is 4.98 Å². The fraction of sp³-hybridized carbons (Fsp3) is 0.556. The average Bonchev–Trinajstić information content (AvgIpc) is 2.65. The number of nitrogen functional groups attached to an aromatic ring is 1. The SMILES string of the molecule is Nc1ccn([C@@H]2O[C@H](CO)C(OP(=O)([O-])[O-])[C@@H]2O)c(=O)n1. The van der Waals surface area contributed by atoms with Crippen LogP contribution in [0.3, 0.4) is 0 Å². The van der Waals surface area contributed by atoms with Gasteiger partial charge in [0.05, 0.1) is 14.4 Å². The molecule has 12 heteroatoms. The Hall–Kier alpha value is -1.33. The molecule has 2 rings (SSSR count). The standard InChI is InChI=1S/C9H14N3O8P/c10-5-1-2-12(9(15)11-5)8-6(14)7(4(3-13)19-8)20-21(16,17)18/h1-2,4,6-8,13-14H,3H2,(H2,10,11,15)(H2,16,17,18)/p-2/t4-,6+,7?,8-/m1/s1. The highest BCUT2D eigenvalue weighted by Gasteiger charge is 2.46. The first kappa shape index (κ1) is 16.0. The van der Waals surface area contributed by atoms with E-state index in [1.54, 1.807) is 0 Å². The lowest BCUT2D eigenvalue weighted by Gasteiger charge is -2.34. The molecule has 0 saturated carbocycles. The van der Waals surface area contributed by atoms with Crippen molar-refractivity contribution in [3.63, 3.8) is 0 Å². The van der Waals surface area contributed by atoms with E-state index in [1.165, 1.54) is 12.3 Å². The third-order valence-corrected chi connectivity index (χ3v) is 3.37. The Morgan fingerprint density at radius 2 is 2.24 bits per heavy atom. The zero-order valence-corrected chi connectivity index (χ0v) is 11.3. The van der Waals surface area contributed by atoms with Crippen molar-refractivity contribution in [2.75, 3.05) is 12.3 Å². The summed E-state index contributed by atoms with van der Waals surface area (Å²) in [4.78, 5) is 36.4. The number of nitrogens with two attached hydrogens (primary N) is 1. The van der Waals surface area contributed by atoms with Gasteiger partial charge in [0.1, 0.15) is 24.1 Å². The van der Waals surface area contributed by atoms with Crippen molar-refractivity contribution >= 4 is 13.6 Å². The number of phosphoric acid groups is 1. The van der Waals surface area contributed by atoms with Gasteiger partial charge in [-0.15, -0.1) is 0 Å². The van der Waals surface area contributed by atoms with E-state index in [0.29, 0.717) is 0 Å². The molecule has 0 aliphatic carbocycles. The summed E-state index contributed by atoms with van der Waals surface area (Å²) in [5.74, 6) is -0.0566. The molecule has 0 spiro atoms. The van der Waals surface area contributed by atoms with Crippen LogP contribution >= 0.6 is 7.82 Å². The molecule has 4 atom stereocenters. The van der Waals surface area contributed by atoms with Crippen LogP contribution < -0.4 is 21.2 Å². The van der Waals surface area contributed by atoms with E-state index in [2.05, 4.69) is 9.51 Å². The molecule has 0 radical (unpaired) electrons. The molecule has 118 valence electrons. The molecule has 1 unspecified atom stereocenters. The van der Waals surface area contributed by atoms with E-state index in [0.717, 1.165) is 4.57 Å². The molecule has 11 nitrogen and oxygen atoms in total. The zero-order chi connectivity index (χ0) is 15.8. The topological polar surface area (TPSA) is 183 Å². The molecule has 1 aliphatic rings. The summed E-state index contributed by atoms with van der Waals surface area (Å²) in [6, 6.07) is 1.26. The Labute approximate surface area is 117 Å². The number of hydrogen-bond donors (Lipinski definition) is 3. The highest BCUT2D eigenvalue weighted by Crippen LogP contribution is 2.38. The van der Waals surface area contributed by atoms with Gasteiger partial charge in [-0.3, -0.25) is 4.57 Å². The summed E-state index contributed by atoms with van der Waals surface area (Å²) in [6.45, 7) is -0.727. The van der Waals surface area contributed by atoms with Crippen molar-refractivity contribution < 1.29 is 33.8 Å². The Kier molecular flexibility index (Phi) is 4.44. The number of aromatic nitrogens is 2. The average molecular weight is 321 g/mol. The highest BCUT2D eigenvalue weighted by molar-refractivity contribution is 7.43. The van der Waals surface area contributed by atoms with Gasteiger partial charge in [0, 0.05) is 6.20 Å². The van der Waals surface area contributed by atoms with Crippen LogP contribution in [0.1, 0.15) is 6.23 Å². The molecular weight excluding hydrogens is 309 g/mol. The molecule has 1 aromatic rings. The van der Waals surface area contributed by atoms with Crippen LogP contribution in [0.5, 0.6) is 0 Å². The number of aliphatic hydroxyl groups is 2. The number of rotatable bonds is 4. The smallest absolute Gasteiger partial charge is 0.351 e. The fourth-order valence-electron chi connectivity index (χ4n) is 2.00. The first-order valence-corrected chi connectivity index (χ1v) is 7.18. The summed E-state index contributed by atoms with van der Waals surface area (Å²) in [7, 11) is -5.41. The Morgan fingerprint density at radius 1 is 1.57 bits per heavy atom. The molecule has 1 aromatic heterocycles. The van der Waals surface area contributed by atoms with Gasteiger partial charge in [-0.05, 0) is 6.07 Å².